The Kier molecular flexibility index (Phi) is 6.44. The van der Waals surface area contributed by atoms with Gasteiger partial charge in [0.25, 0.3) is 15.9 Å². The van der Waals surface area contributed by atoms with Crippen molar-refractivity contribution in [1.29, 1.82) is 0 Å². The third-order valence-electron chi connectivity index (χ3n) is 4.45. The number of hydroxylamine groups is 1. The molecule has 1 aliphatic rings. The van der Waals surface area contributed by atoms with Crippen LogP contribution in [0, 0.1) is 0 Å². The molecule has 1 fully saturated rings. The van der Waals surface area contributed by atoms with Gasteiger partial charge in [0.05, 0.1) is 7.11 Å². The number of carbonyl (C=O) groups is 2. The minimum absolute atomic E-state index is 0.0460. The number of nitrogens with one attached hydrogen (secondary N) is 1. The number of halogens is 1. The van der Waals surface area contributed by atoms with Gasteiger partial charge in [0, 0.05) is 29.5 Å². The van der Waals surface area contributed by atoms with Gasteiger partial charge in [-0.25, -0.2) is 18.7 Å². The maximum Gasteiger partial charge on any atom is 0.409 e. The van der Waals surface area contributed by atoms with Crippen LogP contribution in [0.4, 0.5) is 4.79 Å². The molecule has 2 aromatic rings. The van der Waals surface area contributed by atoms with Crippen LogP contribution in [0.3, 0.4) is 0 Å². The molecule has 0 spiro atoms. The molecule has 1 aromatic heterocycles. The fourth-order valence-corrected chi connectivity index (χ4v) is 6.12. The average molecular weight is 460 g/mol. The number of ether oxygens (including phenoxy) is 1. The maximum atomic E-state index is 13.2. The van der Waals surface area contributed by atoms with E-state index in [1.807, 2.05) is 0 Å². The van der Waals surface area contributed by atoms with E-state index in [1.165, 1.54) is 23.6 Å². The maximum absolute atomic E-state index is 13.2. The van der Waals surface area contributed by atoms with Gasteiger partial charge in [-0.15, -0.1) is 11.3 Å². The Morgan fingerprint density at radius 3 is 2.52 bits per heavy atom. The number of thiophene rings is 1. The summed E-state index contributed by atoms with van der Waals surface area (Å²) in [5, 5.41) is 9.60. The Morgan fingerprint density at radius 2 is 1.90 bits per heavy atom. The molecular formula is C17H18ClN3O6S2. The molecule has 0 saturated carbocycles. The summed E-state index contributed by atoms with van der Waals surface area (Å²) in [6.07, 6.45) is -0.682. The summed E-state index contributed by atoms with van der Waals surface area (Å²) < 4.78 is 32.0. The van der Waals surface area contributed by atoms with E-state index >= 15 is 0 Å². The molecule has 0 aliphatic carbocycles. The summed E-state index contributed by atoms with van der Waals surface area (Å²) in [5.41, 5.74) is 2.28. The van der Waals surface area contributed by atoms with Crippen LogP contribution in [-0.2, 0) is 19.6 Å². The number of carbonyl (C=O) groups excluding carboxylic acids is 2. The van der Waals surface area contributed by atoms with Crippen molar-refractivity contribution in [2.24, 2.45) is 0 Å². The fourth-order valence-electron chi connectivity index (χ4n) is 2.98. The molecule has 0 bridgehead atoms. The summed E-state index contributed by atoms with van der Waals surface area (Å²) >= 11 is 6.94. The smallest absolute Gasteiger partial charge is 0.409 e. The number of hydrogen-bond donors (Lipinski definition) is 2. The van der Waals surface area contributed by atoms with Crippen LogP contribution in [0.25, 0.3) is 10.4 Å². The van der Waals surface area contributed by atoms with Crippen molar-refractivity contribution >= 4 is 45.0 Å². The predicted octanol–water partition coefficient (Wildman–Crippen LogP) is 2.02. The van der Waals surface area contributed by atoms with Gasteiger partial charge in [-0.2, -0.15) is 4.31 Å². The third-order valence-corrected chi connectivity index (χ3v) is 8.21. The first-order valence-corrected chi connectivity index (χ1v) is 11.1. The molecule has 3 rings (SSSR count). The van der Waals surface area contributed by atoms with Crippen molar-refractivity contribution in [2.75, 3.05) is 26.7 Å². The highest BCUT2D eigenvalue weighted by Gasteiger charge is 2.42. The molecule has 156 valence electrons. The number of hydrogen-bond acceptors (Lipinski definition) is 7. The average Bonchev–Trinajstić information content (AvgIpc) is 3.23. The van der Waals surface area contributed by atoms with Gasteiger partial charge in [0.1, 0.15) is 10.3 Å². The zero-order valence-corrected chi connectivity index (χ0v) is 17.6. The Morgan fingerprint density at radius 1 is 1.21 bits per heavy atom. The van der Waals surface area contributed by atoms with Crippen molar-refractivity contribution in [1.82, 2.24) is 14.7 Å². The topological polar surface area (TPSA) is 116 Å². The molecule has 1 aliphatic heterocycles. The van der Waals surface area contributed by atoms with Gasteiger partial charge in [0.15, 0.2) is 0 Å². The molecule has 29 heavy (non-hydrogen) atoms. The lowest BCUT2D eigenvalue weighted by atomic mass is 10.2. The van der Waals surface area contributed by atoms with Crippen molar-refractivity contribution < 1.29 is 28.0 Å². The van der Waals surface area contributed by atoms with Crippen molar-refractivity contribution in [3.05, 3.63) is 41.4 Å². The number of methoxy groups -OCH3 is 1. The van der Waals surface area contributed by atoms with Crippen LogP contribution in [0.5, 0.6) is 0 Å². The number of sulfonamides is 1. The monoisotopic (exact) mass is 459 g/mol. The molecule has 1 saturated heterocycles. The fraction of sp³-hybridized carbons (Fsp3) is 0.294. The Labute approximate surface area is 176 Å². The minimum Gasteiger partial charge on any atom is -0.453 e. The second-order valence-electron chi connectivity index (χ2n) is 6.15. The molecule has 1 atom stereocenters. The van der Waals surface area contributed by atoms with E-state index in [0.717, 1.165) is 26.1 Å². The summed E-state index contributed by atoms with van der Waals surface area (Å²) in [7, 11) is -2.85. The van der Waals surface area contributed by atoms with Gasteiger partial charge in [-0.1, -0.05) is 23.7 Å². The van der Waals surface area contributed by atoms with Crippen LogP contribution >= 0.6 is 22.9 Å². The van der Waals surface area contributed by atoms with Gasteiger partial charge >= 0.3 is 6.09 Å². The highest BCUT2D eigenvalue weighted by Crippen LogP contribution is 2.34. The van der Waals surface area contributed by atoms with E-state index in [1.54, 1.807) is 30.3 Å². The Bertz CT molecular complexity index is 1010. The summed E-state index contributed by atoms with van der Waals surface area (Å²) in [6.45, 7) is -0.312. The molecule has 1 unspecified atom stereocenters. The predicted molar refractivity (Wildman–Crippen MR) is 106 cm³/mol. The van der Waals surface area contributed by atoms with Crippen LogP contribution in [0.2, 0.25) is 5.02 Å². The minimum atomic E-state index is -4.04. The zero-order chi connectivity index (χ0) is 21.2. The van der Waals surface area contributed by atoms with Crippen LogP contribution in [-0.4, -0.2) is 67.6 Å². The lowest BCUT2D eigenvalue weighted by Crippen LogP contribution is -2.61. The molecule has 2 amide bonds. The van der Waals surface area contributed by atoms with E-state index in [2.05, 4.69) is 4.74 Å². The van der Waals surface area contributed by atoms with E-state index in [0.29, 0.717) is 5.02 Å². The highest BCUT2D eigenvalue weighted by atomic mass is 35.5. The van der Waals surface area contributed by atoms with Crippen LogP contribution in [0.1, 0.15) is 0 Å². The summed E-state index contributed by atoms with van der Waals surface area (Å²) in [5.74, 6) is -0.934. The Balaban J connectivity index is 1.90. The number of rotatable bonds is 4. The molecular weight excluding hydrogens is 442 g/mol. The first kappa shape index (κ1) is 21.5. The Hall–Kier alpha value is -2.18. The number of nitrogens with zero attached hydrogens (tertiary/aromatic N) is 2. The lowest BCUT2D eigenvalue weighted by Gasteiger charge is -2.38. The third kappa shape index (κ3) is 4.38. The van der Waals surface area contributed by atoms with E-state index in [9.17, 15) is 18.0 Å². The SMILES string of the molecule is COC(=O)N1CCN(S(=O)(=O)c2ccc(-c3ccc(Cl)cc3)s2)C(C(=O)NO)C1. The highest BCUT2D eigenvalue weighted by molar-refractivity contribution is 7.91. The van der Waals surface area contributed by atoms with E-state index in [-0.39, 0.29) is 23.8 Å². The zero-order valence-electron chi connectivity index (χ0n) is 15.2. The molecule has 2 heterocycles. The molecule has 9 nitrogen and oxygen atoms in total. The molecule has 1 aromatic carbocycles. The van der Waals surface area contributed by atoms with Gasteiger partial charge in [-0.05, 0) is 29.8 Å². The number of piperazine rings is 1. The van der Waals surface area contributed by atoms with Crippen LogP contribution in [0.15, 0.2) is 40.6 Å². The summed E-state index contributed by atoms with van der Waals surface area (Å²) in [4.78, 5) is 25.8. The van der Waals surface area contributed by atoms with Crippen molar-refractivity contribution in [3.63, 3.8) is 0 Å². The second-order valence-corrected chi connectivity index (χ2v) is 9.79. The van der Waals surface area contributed by atoms with Crippen LogP contribution < -0.4 is 5.48 Å². The first-order chi connectivity index (χ1) is 13.8. The lowest BCUT2D eigenvalue weighted by molar-refractivity contribution is -0.134. The van der Waals surface area contributed by atoms with Gasteiger partial charge in [0.2, 0.25) is 0 Å². The number of amides is 2. The van der Waals surface area contributed by atoms with Gasteiger partial charge < -0.3 is 9.64 Å². The molecule has 0 radical (unpaired) electrons. The molecule has 12 heteroatoms. The van der Waals surface area contributed by atoms with E-state index in [4.69, 9.17) is 16.8 Å². The van der Waals surface area contributed by atoms with E-state index < -0.39 is 28.1 Å². The standard InChI is InChI=1S/C17H18ClN3O6S2/c1-27-17(23)20-8-9-21(13(10-20)16(22)19-24)29(25,26)15-7-6-14(28-15)11-2-4-12(18)5-3-11/h2-7,13,24H,8-10H2,1H3,(H,19,22). The first-order valence-electron chi connectivity index (χ1n) is 8.42. The van der Waals surface area contributed by atoms with Gasteiger partial charge in [-0.3, -0.25) is 10.0 Å². The second kappa shape index (κ2) is 8.67. The number of benzene rings is 1. The van der Waals surface area contributed by atoms with Crippen molar-refractivity contribution in [2.45, 2.75) is 10.3 Å². The molecule has 2 N–H and O–H groups in total. The quantitative estimate of drug-likeness (QED) is 0.533. The van der Waals surface area contributed by atoms with Crippen molar-refractivity contribution in [3.8, 4) is 10.4 Å². The summed E-state index contributed by atoms with van der Waals surface area (Å²) in [6, 6.07) is 8.82. The largest absolute Gasteiger partial charge is 0.453 e. The normalized spacial score (nSPS) is 17.8.